The zero-order valence-corrected chi connectivity index (χ0v) is 14.9. The highest BCUT2D eigenvalue weighted by atomic mass is 16.5. The largest absolute Gasteiger partial charge is 0.467 e. The molecule has 0 fully saturated rings. The van der Waals surface area contributed by atoms with E-state index in [4.69, 9.17) is 5.73 Å². The monoisotopic (exact) mass is 344 g/mol. The number of ether oxygens (including phenoxy) is 1. The first kappa shape index (κ1) is 21.8. The summed E-state index contributed by atoms with van der Waals surface area (Å²) >= 11 is 0. The average molecular weight is 344 g/mol. The Morgan fingerprint density at radius 3 is 2.17 bits per heavy atom. The third kappa shape index (κ3) is 7.91. The van der Waals surface area contributed by atoms with Crippen LogP contribution in [-0.2, 0) is 23.9 Å². The summed E-state index contributed by atoms with van der Waals surface area (Å²) < 4.78 is 4.63. The van der Waals surface area contributed by atoms with Crippen molar-refractivity contribution < 1.29 is 23.9 Å². The summed E-state index contributed by atoms with van der Waals surface area (Å²) in [7, 11) is 1.23. The molecule has 3 amide bonds. The molecule has 9 nitrogen and oxygen atoms in total. The lowest BCUT2D eigenvalue weighted by Gasteiger charge is -2.27. The van der Waals surface area contributed by atoms with Crippen molar-refractivity contribution in [2.45, 2.75) is 45.7 Å². The van der Waals surface area contributed by atoms with Crippen molar-refractivity contribution in [3.05, 3.63) is 0 Å². The smallest absolute Gasteiger partial charge is 0.330 e. The molecule has 0 unspecified atom stereocenters. The minimum atomic E-state index is -1.22. The molecular weight excluding hydrogens is 316 g/mol. The SMILES string of the molecule is COC(=O)C(C)(C)NC(=O)[C@H](CC(C)C)NC(=O)CNC(=O)CN. The van der Waals surface area contributed by atoms with Gasteiger partial charge in [0.2, 0.25) is 17.7 Å². The van der Waals surface area contributed by atoms with Gasteiger partial charge in [-0.2, -0.15) is 0 Å². The molecule has 0 aliphatic rings. The van der Waals surface area contributed by atoms with Gasteiger partial charge in [-0.25, -0.2) is 4.79 Å². The van der Waals surface area contributed by atoms with Crippen LogP contribution >= 0.6 is 0 Å². The van der Waals surface area contributed by atoms with Gasteiger partial charge in [0.25, 0.3) is 0 Å². The van der Waals surface area contributed by atoms with Crippen LogP contribution in [0.2, 0.25) is 0 Å². The van der Waals surface area contributed by atoms with Gasteiger partial charge < -0.3 is 26.4 Å². The van der Waals surface area contributed by atoms with Gasteiger partial charge in [-0.3, -0.25) is 14.4 Å². The van der Waals surface area contributed by atoms with Crippen LogP contribution in [0.3, 0.4) is 0 Å². The number of hydrogen-bond acceptors (Lipinski definition) is 6. The topological polar surface area (TPSA) is 140 Å². The van der Waals surface area contributed by atoms with Gasteiger partial charge in [-0.1, -0.05) is 13.8 Å². The fourth-order valence-electron chi connectivity index (χ4n) is 1.90. The van der Waals surface area contributed by atoms with Gasteiger partial charge in [0.05, 0.1) is 20.2 Å². The van der Waals surface area contributed by atoms with E-state index < -0.39 is 35.3 Å². The Hall–Kier alpha value is -2.16. The number of nitrogens with one attached hydrogen (secondary N) is 3. The number of carbonyl (C=O) groups is 4. The molecule has 0 spiro atoms. The zero-order chi connectivity index (χ0) is 18.9. The summed E-state index contributed by atoms with van der Waals surface area (Å²) in [5, 5.41) is 7.43. The fraction of sp³-hybridized carbons (Fsp3) is 0.733. The Bertz CT molecular complexity index is 476. The quantitative estimate of drug-likeness (QED) is 0.382. The number of methoxy groups -OCH3 is 1. The molecule has 0 rings (SSSR count). The van der Waals surface area contributed by atoms with Gasteiger partial charge in [0, 0.05) is 0 Å². The highest BCUT2D eigenvalue weighted by Crippen LogP contribution is 2.09. The van der Waals surface area contributed by atoms with Gasteiger partial charge in [0.1, 0.15) is 11.6 Å². The van der Waals surface area contributed by atoms with E-state index >= 15 is 0 Å². The molecule has 5 N–H and O–H groups in total. The molecule has 0 aliphatic carbocycles. The van der Waals surface area contributed by atoms with E-state index in [9.17, 15) is 19.2 Å². The molecule has 0 aromatic rings. The second-order valence-corrected chi connectivity index (χ2v) is 6.34. The maximum absolute atomic E-state index is 12.4. The molecule has 0 bridgehead atoms. The molecule has 0 saturated heterocycles. The van der Waals surface area contributed by atoms with E-state index in [0.717, 1.165) is 0 Å². The third-order valence-corrected chi connectivity index (χ3v) is 3.12. The minimum absolute atomic E-state index is 0.126. The van der Waals surface area contributed by atoms with Crippen molar-refractivity contribution in [3.8, 4) is 0 Å². The summed E-state index contributed by atoms with van der Waals surface area (Å²) in [6.45, 7) is 6.30. The maximum atomic E-state index is 12.4. The molecule has 0 aromatic heterocycles. The summed E-state index contributed by atoms with van der Waals surface area (Å²) in [6.07, 6.45) is 0.375. The normalized spacial score (nSPS) is 12.3. The van der Waals surface area contributed by atoms with Crippen molar-refractivity contribution in [1.29, 1.82) is 0 Å². The second-order valence-electron chi connectivity index (χ2n) is 6.34. The third-order valence-electron chi connectivity index (χ3n) is 3.12. The van der Waals surface area contributed by atoms with Gasteiger partial charge in [0.15, 0.2) is 0 Å². The maximum Gasteiger partial charge on any atom is 0.330 e. The van der Waals surface area contributed by atoms with E-state index in [0.29, 0.717) is 6.42 Å². The van der Waals surface area contributed by atoms with Crippen LogP contribution in [0.5, 0.6) is 0 Å². The molecule has 0 radical (unpaired) electrons. The van der Waals surface area contributed by atoms with Crippen molar-refractivity contribution in [2.75, 3.05) is 20.2 Å². The van der Waals surface area contributed by atoms with E-state index in [-0.39, 0.29) is 19.0 Å². The summed E-state index contributed by atoms with van der Waals surface area (Å²) in [6, 6.07) is -0.837. The summed E-state index contributed by atoms with van der Waals surface area (Å²) in [5.74, 6) is -1.96. The average Bonchev–Trinajstić information content (AvgIpc) is 2.49. The molecule has 0 aliphatic heterocycles. The number of hydrogen-bond donors (Lipinski definition) is 4. The molecule has 9 heteroatoms. The molecule has 0 saturated carbocycles. The molecule has 24 heavy (non-hydrogen) atoms. The van der Waals surface area contributed by atoms with Gasteiger partial charge in [-0.05, 0) is 26.2 Å². The number of esters is 1. The first-order chi connectivity index (χ1) is 11.0. The second kappa shape index (κ2) is 9.86. The molecular formula is C15H28N4O5. The van der Waals surface area contributed by atoms with E-state index in [2.05, 4.69) is 20.7 Å². The van der Waals surface area contributed by atoms with E-state index in [1.165, 1.54) is 21.0 Å². The first-order valence-electron chi connectivity index (χ1n) is 7.70. The fourth-order valence-corrected chi connectivity index (χ4v) is 1.90. The highest BCUT2D eigenvalue weighted by molar-refractivity contribution is 5.93. The van der Waals surface area contributed by atoms with Crippen molar-refractivity contribution in [1.82, 2.24) is 16.0 Å². The number of carbonyl (C=O) groups excluding carboxylic acids is 4. The van der Waals surface area contributed by atoms with Gasteiger partial charge >= 0.3 is 5.97 Å². The van der Waals surface area contributed by atoms with Crippen molar-refractivity contribution in [3.63, 3.8) is 0 Å². The summed E-state index contributed by atoms with van der Waals surface area (Å²) in [4.78, 5) is 47.0. The Kier molecular flexibility index (Phi) is 8.97. The number of amides is 3. The minimum Gasteiger partial charge on any atom is -0.467 e. The number of rotatable bonds is 9. The Labute approximate surface area is 142 Å². The lowest BCUT2D eigenvalue weighted by Crippen LogP contribution is -2.57. The van der Waals surface area contributed by atoms with Gasteiger partial charge in [-0.15, -0.1) is 0 Å². The predicted octanol–water partition coefficient (Wildman–Crippen LogP) is -1.34. The van der Waals surface area contributed by atoms with Crippen molar-refractivity contribution >= 4 is 23.7 Å². The molecule has 1 atom stereocenters. The van der Waals surface area contributed by atoms with Crippen LogP contribution < -0.4 is 21.7 Å². The predicted molar refractivity (Wildman–Crippen MR) is 87.7 cm³/mol. The Morgan fingerprint density at radius 2 is 1.71 bits per heavy atom. The van der Waals surface area contributed by atoms with Crippen LogP contribution in [0.4, 0.5) is 0 Å². The molecule has 138 valence electrons. The lowest BCUT2D eigenvalue weighted by molar-refractivity contribution is -0.149. The Morgan fingerprint density at radius 1 is 1.12 bits per heavy atom. The van der Waals surface area contributed by atoms with E-state index in [1.807, 2.05) is 13.8 Å². The van der Waals surface area contributed by atoms with E-state index in [1.54, 1.807) is 0 Å². The first-order valence-corrected chi connectivity index (χ1v) is 7.70. The Balaban J connectivity index is 4.87. The van der Waals surface area contributed by atoms with Crippen LogP contribution in [0.1, 0.15) is 34.1 Å². The van der Waals surface area contributed by atoms with Crippen molar-refractivity contribution in [2.24, 2.45) is 11.7 Å². The zero-order valence-electron chi connectivity index (χ0n) is 14.9. The van der Waals surface area contributed by atoms with Crippen LogP contribution in [0.25, 0.3) is 0 Å². The van der Waals surface area contributed by atoms with Crippen LogP contribution in [0.15, 0.2) is 0 Å². The summed E-state index contributed by atoms with van der Waals surface area (Å²) in [5.41, 5.74) is 3.91. The molecule has 0 heterocycles. The lowest BCUT2D eigenvalue weighted by atomic mass is 10.0. The number of nitrogens with two attached hydrogens (primary N) is 1. The van der Waals surface area contributed by atoms with Crippen LogP contribution in [0, 0.1) is 5.92 Å². The van der Waals surface area contributed by atoms with Crippen LogP contribution in [-0.4, -0.2) is 55.5 Å². The highest BCUT2D eigenvalue weighted by Gasteiger charge is 2.33. The standard InChI is InChI=1S/C15H28N4O5/c1-9(2)6-10(18-12(21)8-17-11(20)7-16)13(22)19-15(3,4)14(23)24-5/h9-10H,6-8,16H2,1-5H3,(H,17,20)(H,18,21)(H,19,22)/t10-/m0/s1. The molecule has 0 aromatic carbocycles.